The highest BCUT2D eigenvalue weighted by Gasteiger charge is 2.04. The lowest BCUT2D eigenvalue weighted by molar-refractivity contribution is -0.145. The second-order valence-electron chi connectivity index (χ2n) is 2.60. The monoisotopic (exact) mass is 175 g/mol. The molecule has 2 N–H and O–H groups in total. The van der Waals surface area contributed by atoms with E-state index in [4.69, 9.17) is 15.2 Å². The molecule has 0 aliphatic heterocycles. The zero-order valence-electron chi connectivity index (χ0n) is 7.71. The Kier molecular flexibility index (Phi) is 6.70. The smallest absolute Gasteiger partial charge is 0.307 e. The molecule has 0 saturated heterocycles. The first-order chi connectivity index (χ1) is 5.66. The zero-order chi connectivity index (χ0) is 9.40. The van der Waals surface area contributed by atoms with Gasteiger partial charge in [-0.25, -0.2) is 0 Å². The van der Waals surface area contributed by atoms with E-state index < -0.39 is 0 Å². The molecule has 72 valence electrons. The van der Waals surface area contributed by atoms with Gasteiger partial charge in [0.05, 0.1) is 13.0 Å². The molecule has 0 aromatic rings. The van der Waals surface area contributed by atoms with Gasteiger partial charge in [0, 0.05) is 12.6 Å². The van der Waals surface area contributed by atoms with Gasteiger partial charge in [-0.3, -0.25) is 4.79 Å². The quantitative estimate of drug-likeness (QED) is 0.466. The van der Waals surface area contributed by atoms with Crippen molar-refractivity contribution < 1.29 is 14.3 Å². The van der Waals surface area contributed by atoms with E-state index in [2.05, 4.69) is 0 Å². The summed E-state index contributed by atoms with van der Waals surface area (Å²) in [5.41, 5.74) is 5.39. The summed E-state index contributed by atoms with van der Waals surface area (Å²) in [6.07, 6.45) is 0.270. The second kappa shape index (κ2) is 7.06. The Bertz CT molecular complexity index is 125. The maximum atomic E-state index is 10.9. The van der Waals surface area contributed by atoms with Crippen LogP contribution in [0.4, 0.5) is 0 Å². The third kappa shape index (κ3) is 7.50. The Morgan fingerprint density at radius 2 is 2.17 bits per heavy atom. The van der Waals surface area contributed by atoms with Crippen molar-refractivity contribution in [3.05, 3.63) is 0 Å². The highest BCUT2D eigenvalue weighted by molar-refractivity contribution is 5.69. The minimum atomic E-state index is -0.260. The molecule has 12 heavy (non-hydrogen) atoms. The fourth-order valence-electron chi connectivity index (χ4n) is 0.681. The van der Waals surface area contributed by atoms with Crippen LogP contribution in [0.15, 0.2) is 0 Å². The van der Waals surface area contributed by atoms with Gasteiger partial charge in [0.15, 0.2) is 0 Å². The molecule has 0 spiro atoms. The van der Waals surface area contributed by atoms with Crippen LogP contribution in [0.1, 0.15) is 20.3 Å². The van der Waals surface area contributed by atoms with E-state index in [1.165, 1.54) is 0 Å². The number of esters is 1. The van der Waals surface area contributed by atoms with Gasteiger partial charge in [-0.1, -0.05) is 0 Å². The number of carbonyl (C=O) groups excluding carboxylic acids is 1. The number of ether oxygens (including phenoxy) is 2. The highest BCUT2D eigenvalue weighted by atomic mass is 16.6. The normalized spacial score (nSPS) is 12.6. The molecule has 1 unspecified atom stereocenters. The van der Waals surface area contributed by atoms with Gasteiger partial charge in [-0.05, 0) is 13.8 Å². The van der Waals surface area contributed by atoms with Crippen LogP contribution in [0.25, 0.3) is 0 Å². The molecule has 0 aliphatic carbocycles. The predicted octanol–water partition coefficient (Wildman–Crippen LogP) is 0.303. The van der Waals surface area contributed by atoms with Crippen LogP contribution in [0.2, 0.25) is 0 Å². The van der Waals surface area contributed by atoms with Gasteiger partial charge < -0.3 is 15.2 Å². The van der Waals surface area contributed by atoms with E-state index in [0.717, 1.165) is 0 Å². The summed E-state index contributed by atoms with van der Waals surface area (Å²) in [5, 5.41) is 0. The molecule has 4 nitrogen and oxygen atoms in total. The van der Waals surface area contributed by atoms with E-state index in [-0.39, 0.29) is 18.4 Å². The maximum absolute atomic E-state index is 10.9. The number of nitrogens with two attached hydrogens (primary N) is 1. The lowest BCUT2D eigenvalue weighted by atomic mass is 10.3. The van der Waals surface area contributed by atoms with E-state index in [9.17, 15) is 4.79 Å². The average molecular weight is 175 g/mol. The SMILES string of the molecule is CCOCCOC(=O)CC(C)N. The number of rotatable bonds is 6. The van der Waals surface area contributed by atoms with Crippen LogP contribution >= 0.6 is 0 Å². The van der Waals surface area contributed by atoms with Gasteiger partial charge in [-0.15, -0.1) is 0 Å². The van der Waals surface area contributed by atoms with E-state index in [1.807, 2.05) is 6.92 Å². The molecular formula is C8H17NO3. The largest absolute Gasteiger partial charge is 0.463 e. The standard InChI is InChI=1S/C8H17NO3/c1-3-11-4-5-12-8(10)6-7(2)9/h7H,3-6,9H2,1-2H3. The molecule has 1 atom stereocenters. The third-order valence-electron chi connectivity index (χ3n) is 1.18. The molecule has 0 rings (SSSR count). The van der Waals surface area contributed by atoms with Crippen molar-refractivity contribution in [1.82, 2.24) is 0 Å². The summed E-state index contributed by atoms with van der Waals surface area (Å²) >= 11 is 0. The van der Waals surface area contributed by atoms with Crippen molar-refractivity contribution in [2.24, 2.45) is 5.73 Å². The summed E-state index contributed by atoms with van der Waals surface area (Å²) in [7, 11) is 0. The molecule has 0 aliphatic rings. The highest BCUT2D eigenvalue weighted by Crippen LogP contribution is 1.90. The lowest BCUT2D eigenvalue weighted by Crippen LogP contribution is -2.22. The van der Waals surface area contributed by atoms with E-state index >= 15 is 0 Å². The maximum Gasteiger partial charge on any atom is 0.307 e. The first-order valence-corrected chi connectivity index (χ1v) is 4.15. The average Bonchev–Trinajstić information content (AvgIpc) is 1.97. The Morgan fingerprint density at radius 3 is 2.67 bits per heavy atom. The number of hydrogen-bond donors (Lipinski definition) is 1. The minimum Gasteiger partial charge on any atom is -0.463 e. The summed E-state index contributed by atoms with van der Waals surface area (Å²) in [4.78, 5) is 10.9. The summed E-state index contributed by atoms with van der Waals surface area (Å²) in [5.74, 6) is -0.260. The third-order valence-corrected chi connectivity index (χ3v) is 1.18. The molecule has 0 aromatic carbocycles. The van der Waals surface area contributed by atoms with Gasteiger partial charge in [0.2, 0.25) is 0 Å². The van der Waals surface area contributed by atoms with Gasteiger partial charge >= 0.3 is 5.97 Å². The molecular weight excluding hydrogens is 158 g/mol. The Balaban J connectivity index is 3.20. The number of carbonyl (C=O) groups is 1. The summed E-state index contributed by atoms with van der Waals surface area (Å²) < 4.78 is 9.79. The topological polar surface area (TPSA) is 61.5 Å². The molecule has 4 heteroatoms. The van der Waals surface area contributed by atoms with Gasteiger partial charge in [-0.2, -0.15) is 0 Å². The van der Waals surface area contributed by atoms with E-state index in [0.29, 0.717) is 19.8 Å². The van der Waals surface area contributed by atoms with Crippen molar-refractivity contribution in [3.63, 3.8) is 0 Å². The van der Waals surface area contributed by atoms with Crippen molar-refractivity contribution in [2.75, 3.05) is 19.8 Å². The van der Waals surface area contributed by atoms with Crippen LogP contribution in [0, 0.1) is 0 Å². The van der Waals surface area contributed by atoms with Crippen molar-refractivity contribution in [1.29, 1.82) is 0 Å². The lowest BCUT2D eigenvalue weighted by Gasteiger charge is -2.06. The van der Waals surface area contributed by atoms with Crippen LogP contribution < -0.4 is 5.73 Å². The summed E-state index contributed by atoms with van der Waals surface area (Å²) in [6, 6.07) is -0.135. The van der Waals surface area contributed by atoms with Crippen molar-refractivity contribution >= 4 is 5.97 Å². The molecule has 0 amide bonds. The van der Waals surface area contributed by atoms with Crippen LogP contribution in [0.3, 0.4) is 0 Å². The minimum absolute atomic E-state index is 0.135. The zero-order valence-corrected chi connectivity index (χ0v) is 7.71. The summed E-state index contributed by atoms with van der Waals surface area (Å²) in [6.45, 7) is 5.08. The Hall–Kier alpha value is -0.610. The van der Waals surface area contributed by atoms with Crippen molar-refractivity contribution in [3.8, 4) is 0 Å². The molecule has 0 radical (unpaired) electrons. The molecule has 0 heterocycles. The fourth-order valence-corrected chi connectivity index (χ4v) is 0.681. The predicted molar refractivity (Wildman–Crippen MR) is 45.7 cm³/mol. The van der Waals surface area contributed by atoms with Gasteiger partial charge in [0.25, 0.3) is 0 Å². The van der Waals surface area contributed by atoms with E-state index in [1.54, 1.807) is 6.92 Å². The van der Waals surface area contributed by atoms with Crippen molar-refractivity contribution in [2.45, 2.75) is 26.3 Å². The van der Waals surface area contributed by atoms with Crippen LogP contribution in [-0.2, 0) is 14.3 Å². The first kappa shape index (κ1) is 11.4. The second-order valence-corrected chi connectivity index (χ2v) is 2.60. The first-order valence-electron chi connectivity index (χ1n) is 4.15. The molecule has 0 saturated carbocycles. The molecule has 0 aromatic heterocycles. The fraction of sp³-hybridized carbons (Fsp3) is 0.875. The van der Waals surface area contributed by atoms with Crippen LogP contribution in [0.5, 0.6) is 0 Å². The Labute approximate surface area is 73.0 Å². The molecule has 0 fully saturated rings. The van der Waals surface area contributed by atoms with Crippen LogP contribution in [-0.4, -0.2) is 31.8 Å². The Morgan fingerprint density at radius 1 is 1.50 bits per heavy atom. The van der Waals surface area contributed by atoms with Gasteiger partial charge in [0.1, 0.15) is 6.61 Å². The number of hydrogen-bond acceptors (Lipinski definition) is 4. The molecule has 0 bridgehead atoms.